The first-order valence-electron chi connectivity index (χ1n) is 12.7. The molecule has 0 unspecified atom stereocenters. The van der Waals surface area contributed by atoms with Crippen LogP contribution >= 0.6 is 0 Å². The van der Waals surface area contributed by atoms with E-state index in [2.05, 4.69) is 9.88 Å². The van der Waals surface area contributed by atoms with Crippen molar-refractivity contribution < 1.29 is 14.3 Å². The van der Waals surface area contributed by atoms with E-state index in [9.17, 15) is 9.59 Å². The molecule has 0 spiro atoms. The molecule has 7 nitrogen and oxygen atoms in total. The van der Waals surface area contributed by atoms with Crippen LogP contribution in [-0.4, -0.2) is 52.5 Å². The molecular weight excluding hydrogens is 440 g/mol. The van der Waals surface area contributed by atoms with Gasteiger partial charge in [-0.3, -0.25) is 9.59 Å². The lowest BCUT2D eigenvalue weighted by Gasteiger charge is -2.20. The van der Waals surface area contributed by atoms with Gasteiger partial charge in [0, 0.05) is 39.0 Å². The van der Waals surface area contributed by atoms with Crippen LogP contribution in [0.3, 0.4) is 0 Å². The van der Waals surface area contributed by atoms with E-state index in [-0.39, 0.29) is 18.4 Å². The molecule has 2 heterocycles. The Kier molecular flexibility index (Phi) is 8.40. The van der Waals surface area contributed by atoms with E-state index in [0.717, 1.165) is 59.7 Å². The summed E-state index contributed by atoms with van der Waals surface area (Å²) in [6.45, 7) is 6.73. The first kappa shape index (κ1) is 24.8. The number of hydrogen-bond acceptors (Lipinski definition) is 4. The third-order valence-electron chi connectivity index (χ3n) is 6.61. The van der Waals surface area contributed by atoms with Crippen LogP contribution in [-0.2, 0) is 22.6 Å². The monoisotopic (exact) mass is 476 g/mol. The number of rotatable bonds is 9. The molecule has 0 radical (unpaired) electrons. The van der Waals surface area contributed by atoms with Crippen LogP contribution < -0.4 is 10.1 Å². The van der Waals surface area contributed by atoms with Crippen molar-refractivity contribution in [3.05, 3.63) is 59.4 Å². The van der Waals surface area contributed by atoms with Crippen molar-refractivity contribution in [2.24, 2.45) is 0 Å². The third kappa shape index (κ3) is 6.62. The molecule has 4 rings (SSSR count). The average Bonchev–Trinajstić information content (AvgIpc) is 3.00. The summed E-state index contributed by atoms with van der Waals surface area (Å²) in [5, 5.41) is 2.94. The summed E-state index contributed by atoms with van der Waals surface area (Å²) >= 11 is 0. The predicted octanol–water partition coefficient (Wildman–Crippen LogP) is 4.18. The Morgan fingerprint density at radius 1 is 1.03 bits per heavy atom. The topological polar surface area (TPSA) is 76.5 Å². The zero-order valence-corrected chi connectivity index (χ0v) is 20.9. The Morgan fingerprint density at radius 2 is 1.80 bits per heavy atom. The van der Waals surface area contributed by atoms with Gasteiger partial charge in [0.25, 0.3) is 5.91 Å². The first-order valence-corrected chi connectivity index (χ1v) is 12.7. The maximum absolute atomic E-state index is 12.9. The van der Waals surface area contributed by atoms with Crippen molar-refractivity contribution in [3.8, 4) is 5.75 Å². The number of ether oxygens (including phenoxy) is 1. The minimum Gasteiger partial charge on any atom is -0.483 e. The van der Waals surface area contributed by atoms with Gasteiger partial charge in [0.05, 0.1) is 11.0 Å². The number of para-hydroxylation sites is 2. The van der Waals surface area contributed by atoms with Crippen molar-refractivity contribution in [2.75, 3.05) is 26.2 Å². The van der Waals surface area contributed by atoms with E-state index in [0.29, 0.717) is 25.9 Å². The second-order valence-corrected chi connectivity index (χ2v) is 9.37. The maximum atomic E-state index is 12.9. The molecule has 2 aromatic carbocycles. The molecule has 1 aliphatic rings. The zero-order chi connectivity index (χ0) is 24.6. The lowest BCUT2D eigenvalue weighted by Crippen LogP contribution is -2.33. The van der Waals surface area contributed by atoms with Crippen molar-refractivity contribution in [1.82, 2.24) is 19.8 Å². The summed E-state index contributed by atoms with van der Waals surface area (Å²) in [5.74, 6) is 1.67. The number of aromatic nitrogens is 2. The summed E-state index contributed by atoms with van der Waals surface area (Å²) in [6.07, 6.45) is 5.66. The Hall–Kier alpha value is -3.35. The quantitative estimate of drug-likeness (QED) is 0.503. The zero-order valence-electron chi connectivity index (χ0n) is 20.9. The van der Waals surface area contributed by atoms with E-state index in [1.165, 1.54) is 12.8 Å². The number of nitrogens with one attached hydrogen (secondary N) is 1. The van der Waals surface area contributed by atoms with Gasteiger partial charge < -0.3 is 19.5 Å². The van der Waals surface area contributed by atoms with Crippen LogP contribution in [0.1, 0.15) is 49.1 Å². The number of likely N-dealkylation sites (tertiary alicyclic amines) is 1. The molecule has 3 aromatic rings. The van der Waals surface area contributed by atoms with Crippen LogP contribution in [0.4, 0.5) is 0 Å². The Labute approximate surface area is 207 Å². The maximum Gasteiger partial charge on any atom is 0.257 e. The van der Waals surface area contributed by atoms with Crippen LogP contribution in [0.5, 0.6) is 5.75 Å². The molecule has 0 bridgehead atoms. The molecule has 1 fully saturated rings. The standard InChI is InChI=1S/C28H36N4O3/c1-21-11-12-22(2)25(19-21)35-20-27(33)29-15-13-26-30-23-9-5-6-10-24(23)32(26)18-14-28(34)31-16-7-3-4-8-17-31/h5-6,9-12,19H,3-4,7-8,13-18,20H2,1-2H3,(H,29,33). The number of aryl methyl sites for hydroxylation is 3. The minimum absolute atomic E-state index is 0.0228. The van der Waals surface area contributed by atoms with Gasteiger partial charge in [-0.05, 0) is 56.0 Å². The molecule has 1 saturated heterocycles. The van der Waals surface area contributed by atoms with Crippen LogP contribution in [0, 0.1) is 13.8 Å². The first-order chi connectivity index (χ1) is 17.0. The molecule has 1 aliphatic heterocycles. The van der Waals surface area contributed by atoms with Crippen molar-refractivity contribution >= 4 is 22.8 Å². The average molecular weight is 477 g/mol. The van der Waals surface area contributed by atoms with Crippen molar-refractivity contribution in [3.63, 3.8) is 0 Å². The van der Waals surface area contributed by atoms with Crippen LogP contribution in [0.2, 0.25) is 0 Å². The highest BCUT2D eigenvalue weighted by Crippen LogP contribution is 2.20. The third-order valence-corrected chi connectivity index (χ3v) is 6.61. The van der Waals surface area contributed by atoms with Crippen molar-refractivity contribution in [1.29, 1.82) is 0 Å². The van der Waals surface area contributed by atoms with Crippen LogP contribution in [0.15, 0.2) is 42.5 Å². The SMILES string of the molecule is Cc1ccc(C)c(OCC(=O)NCCc2nc3ccccc3n2CCC(=O)N2CCCCCC2)c1. The normalized spacial score (nSPS) is 14.1. The molecule has 7 heteroatoms. The number of carbonyl (C=O) groups is 2. The second-order valence-electron chi connectivity index (χ2n) is 9.37. The molecule has 1 aromatic heterocycles. The van der Waals surface area contributed by atoms with E-state index in [1.807, 2.05) is 61.2 Å². The second kappa shape index (κ2) is 11.9. The summed E-state index contributed by atoms with van der Waals surface area (Å²) in [5.41, 5.74) is 4.04. The van der Waals surface area contributed by atoms with E-state index >= 15 is 0 Å². The molecule has 35 heavy (non-hydrogen) atoms. The molecule has 2 amide bonds. The highest BCUT2D eigenvalue weighted by Gasteiger charge is 2.17. The lowest BCUT2D eigenvalue weighted by atomic mass is 10.1. The number of nitrogens with zero attached hydrogens (tertiary/aromatic N) is 3. The summed E-state index contributed by atoms with van der Waals surface area (Å²) in [7, 11) is 0. The number of carbonyl (C=O) groups excluding carboxylic acids is 2. The smallest absolute Gasteiger partial charge is 0.257 e. The molecule has 0 aliphatic carbocycles. The Morgan fingerprint density at radius 3 is 2.60 bits per heavy atom. The predicted molar refractivity (Wildman–Crippen MR) is 138 cm³/mol. The number of amides is 2. The van der Waals surface area contributed by atoms with Gasteiger partial charge in [-0.1, -0.05) is 37.1 Å². The Balaban J connectivity index is 1.33. The van der Waals surface area contributed by atoms with Gasteiger partial charge >= 0.3 is 0 Å². The largest absolute Gasteiger partial charge is 0.483 e. The minimum atomic E-state index is -0.162. The fourth-order valence-electron chi connectivity index (χ4n) is 4.62. The molecule has 1 N–H and O–H groups in total. The van der Waals surface area contributed by atoms with E-state index in [4.69, 9.17) is 9.72 Å². The van der Waals surface area contributed by atoms with Crippen LogP contribution in [0.25, 0.3) is 11.0 Å². The van der Waals surface area contributed by atoms with Crippen molar-refractivity contribution in [2.45, 2.75) is 58.9 Å². The molecular formula is C28H36N4O3. The molecule has 0 atom stereocenters. The summed E-state index contributed by atoms with van der Waals surface area (Å²) in [6, 6.07) is 13.9. The fourth-order valence-corrected chi connectivity index (χ4v) is 4.62. The molecule has 186 valence electrons. The fraction of sp³-hybridized carbons (Fsp3) is 0.464. The summed E-state index contributed by atoms with van der Waals surface area (Å²) in [4.78, 5) is 32.0. The summed E-state index contributed by atoms with van der Waals surface area (Å²) < 4.78 is 7.84. The van der Waals surface area contributed by atoms with Gasteiger partial charge in [0.1, 0.15) is 11.6 Å². The number of hydrogen-bond donors (Lipinski definition) is 1. The number of benzene rings is 2. The Bertz CT molecular complexity index is 1160. The highest BCUT2D eigenvalue weighted by atomic mass is 16.5. The highest BCUT2D eigenvalue weighted by molar-refractivity contribution is 5.79. The van der Waals surface area contributed by atoms with Gasteiger partial charge in [-0.25, -0.2) is 4.98 Å². The van der Waals surface area contributed by atoms with E-state index < -0.39 is 0 Å². The molecule has 0 saturated carbocycles. The van der Waals surface area contributed by atoms with Gasteiger partial charge in [0.15, 0.2) is 6.61 Å². The lowest BCUT2D eigenvalue weighted by molar-refractivity contribution is -0.131. The van der Waals surface area contributed by atoms with E-state index in [1.54, 1.807) is 0 Å². The number of imidazole rings is 1. The van der Waals surface area contributed by atoms with Gasteiger partial charge in [-0.2, -0.15) is 0 Å². The van der Waals surface area contributed by atoms with Gasteiger partial charge in [0.2, 0.25) is 5.91 Å². The number of fused-ring (bicyclic) bond motifs is 1. The van der Waals surface area contributed by atoms with Gasteiger partial charge in [-0.15, -0.1) is 0 Å².